The summed E-state index contributed by atoms with van der Waals surface area (Å²) >= 11 is 0. The van der Waals surface area contributed by atoms with E-state index in [0.717, 1.165) is 25.5 Å². The lowest BCUT2D eigenvalue weighted by Crippen LogP contribution is -2.45. The van der Waals surface area contributed by atoms with Crippen LogP contribution in [0.4, 0.5) is 13.2 Å². The highest BCUT2D eigenvalue weighted by atomic mass is 19.4. The van der Waals surface area contributed by atoms with Gasteiger partial charge in [-0.1, -0.05) is 12.1 Å². The zero-order valence-corrected chi connectivity index (χ0v) is 12.5. The maximum absolute atomic E-state index is 12.8. The Kier molecular flexibility index (Phi) is 4.94. The normalized spacial score (nSPS) is 25.8. The van der Waals surface area contributed by atoms with Gasteiger partial charge in [0.2, 0.25) is 0 Å². The summed E-state index contributed by atoms with van der Waals surface area (Å²) < 4.78 is 38.5. The van der Waals surface area contributed by atoms with Gasteiger partial charge in [-0.05, 0) is 56.8 Å². The Morgan fingerprint density at radius 3 is 2.67 bits per heavy atom. The number of likely N-dealkylation sites (tertiary alicyclic amines) is 1. The van der Waals surface area contributed by atoms with Crippen LogP contribution in [0.15, 0.2) is 24.3 Å². The minimum Gasteiger partial charge on any atom is -0.330 e. The van der Waals surface area contributed by atoms with Gasteiger partial charge in [-0.25, -0.2) is 0 Å². The third-order valence-electron chi connectivity index (χ3n) is 4.56. The van der Waals surface area contributed by atoms with Gasteiger partial charge in [0, 0.05) is 18.6 Å². The smallest absolute Gasteiger partial charge is 0.330 e. The van der Waals surface area contributed by atoms with Crippen molar-refractivity contribution < 1.29 is 13.2 Å². The van der Waals surface area contributed by atoms with Crippen molar-refractivity contribution in [2.24, 2.45) is 11.7 Å². The molecule has 2 N–H and O–H groups in total. The molecule has 0 aromatic heterocycles. The summed E-state index contributed by atoms with van der Waals surface area (Å²) in [4.78, 5) is 2.27. The van der Waals surface area contributed by atoms with Crippen molar-refractivity contribution in [1.82, 2.24) is 4.90 Å². The average Bonchev–Trinajstić information content (AvgIpc) is 2.46. The second-order valence-electron chi connectivity index (χ2n) is 6.02. The van der Waals surface area contributed by atoms with Crippen molar-refractivity contribution in [3.63, 3.8) is 0 Å². The van der Waals surface area contributed by atoms with E-state index in [1.807, 2.05) is 6.92 Å². The molecule has 0 aliphatic carbocycles. The van der Waals surface area contributed by atoms with E-state index < -0.39 is 11.7 Å². The standard InChI is InChI=1S/C16H23F3N2/c1-11-6-7-13(9-20)10-21(11)12(2)14-4-3-5-15(8-14)16(17,18)19/h3-5,8,11-13H,6-7,9-10,20H2,1-2H3. The van der Waals surface area contributed by atoms with Crippen LogP contribution in [0.25, 0.3) is 0 Å². The van der Waals surface area contributed by atoms with E-state index in [2.05, 4.69) is 11.8 Å². The van der Waals surface area contributed by atoms with Crippen LogP contribution < -0.4 is 5.73 Å². The summed E-state index contributed by atoms with van der Waals surface area (Å²) in [5.74, 6) is 0.439. The average molecular weight is 300 g/mol. The zero-order chi connectivity index (χ0) is 15.6. The van der Waals surface area contributed by atoms with E-state index >= 15 is 0 Å². The highest BCUT2D eigenvalue weighted by molar-refractivity contribution is 5.28. The summed E-state index contributed by atoms with van der Waals surface area (Å²) in [6.45, 7) is 5.61. The number of rotatable bonds is 3. The molecule has 1 aliphatic rings. The number of benzene rings is 1. The number of hydrogen-bond donors (Lipinski definition) is 1. The Morgan fingerprint density at radius 2 is 2.05 bits per heavy atom. The maximum atomic E-state index is 12.8. The summed E-state index contributed by atoms with van der Waals surface area (Å²) in [6.07, 6.45) is -2.14. The molecule has 21 heavy (non-hydrogen) atoms. The van der Waals surface area contributed by atoms with Crippen molar-refractivity contribution in [1.29, 1.82) is 0 Å². The molecule has 2 nitrogen and oxygen atoms in total. The fraction of sp³-hybridized carbons (Fsp3) is 0.625. The molecule has 1 aromatic rings. The van der Waals surface area contributed by atoms with Crippen LogP contribution in [0.3, 0.4) is 0 Å². The lowest BCUT2D eigenvalue weighted by Gasteiger charge is -2.41. The number of hydrogen-bond acceptors (Lipinski definition) is 2. The summed E-state index contributed by atoms with van der Waals surface area (Å²) in [5, 5.41) is 0. The van der Waals surface area contributed by atoms with Crippen LogP contribution in [-0.4, -0.2) is 24.0 Å². The third kappa shape index (κ3) is 3.77. The lowest BCUT2D eigenvalue weighted by atomic mass is 9.90. The quantitative estimate of drug-likeness (QED) is 0.919. The van der Waals surface area contributed by atoms with Gasteiger partial charge in [0.25, 0.3) is 0 Å². The van der Waals surface area contributed by atoms with Gasteiger partial charge in [0.1, 0.15) is 0 Å². The minimum absolute atomic E-state index is 0.0309. The van der Waals surface area contributed by atoms with Crippen molar-refractivity contribution in [2.45, 2.75) is 44.9 Å². The van der Waals surface area contributed by atoms with Crippen molar-refractivity contribution in [3.05, 3.63) is 35.4 Å². The molecule has 1 saturated heterocycles. The van der Waals surface area contributed by atoms with Crippen LogP contribution >= 0.6 is 0 Å². The molecular formula is C16H23F3N2. The van der Waals surface area contributed by atoms with Crippen LogP contribution in [-0.2, 0) is 6.18 Å². The lowest BCUT2D eigenvalue weighted by molar-refractivity contribution is -0.137. The number of alkyl halides is 3. The summed E-state index contributed by atoms with van der Waals surface area (Å²) in [6, 6.07) is 6.00. The van der Waals surface area contributed by atoms with Crippen molar-refractivity contribution in [2.75, 3.05) is 13.1 Å². The molecule has 1 aromatic carbocycles. The van der Waals surface area contributed by atoms with E-state index in [1.54, 1.807) is 6.07 Å². The molecule has 1 fully saturated rings. The number of piperidine rings is 1. The van der Waals surface area contributed by atoms with Crippen LogP contribution in [0.1, 0.15) is 43.9 Å². The monoisotopic (exact) mass is 300 g/mol. The first-order valence-electron chi connectivity index (χ1n) is 7.46. The summed E-state index contributed by atoms with van der Waals surface area (Å²) in [7, 11) is 0. The molecule has 3 atom stereocenters. The van der Waals surface area contributed by atoms with E-state index in [-0.39, 0.29) is 6.04 Å². The molecular weight excluding hydrogens is 277 g/mol. The highest BCUT2D eigenvalue weighted by Gasteiger charge is 2.32. The van der Waals surface area contributed by atoms with E-state index in [9.17, 15) is 13.2 Å². The topological polar surface area (TPSA) is 29.3 Å². The van der Waals surface area contributed by atoms with E-state index in [0.29, 0.717) is 24.1 Å². The first-order chi connectivity index (χ1) is 9.82. The molecule has 0 spiro atoms. The van der Waals surface area contributed by atoms with Crippen LogP contribution in [0, 0.1) is 5.92 Å². The highest BCUT2D eigenvalue weighted by Crippen LogP contribution is 2.34. The van der Waals surface area contributed by atoms with Gasteiger partial charge < -0.3 is 5.73 Å². The fourth-order valence-electron chi connectivity index (χ4n) is 3.11. The maximum Gasteiger partial charge on any atom is 0.416 e. The Bertz CT molecular complexity index is 473. The summed E-state index contributed by atoms with van der Waals surface area (Å²) in [5.41, 5.74) is 5.90. The molecule has 0 amide bonds. The van der Waals surface area contributed by atoms with Gasteiger partial charge in [-0.3, -0.25) is 4.90 Å². The van der Waals surface area contributed by atoms with Gasteiger partial charge in [0.15, 0.2) is 0 Å². The fourth-order valence-corrected chi connectivity index (χ4v) is 3.11. The molecule has 5 heteroatoms. The Hall–Kier alpha value is -1.07. The SMILES string of the molecule is CC1CCC(CN)CN1C(C)c1cccc(C(F)(F)F)c1. The molecule has 1 aliphatic heterocycles. The van der Waals surface area contributed by atoms with E-state index in [1.165, 1.54) is 12.1 Å². The Morgan fingerprint density at radius 1 is 1.33 bits per heavy atom. The number of halogens is 3. The van der Waals surface area contributed by atoms with Gasteiger partial charge >= 0.3 is 6.18 Å². The van der Waals surface area contributed by atoms with Crippen molar-refractivity contribution in [3.8, 4) is 0 Å². The van der Waals surface area contributed by atoms with Crippen LogP contribution in [0.5, 0.6) is 0 Å². The molecule has 3 unspecified atom stereocenters. The molecule has 2 rings (SSSR count). The van der Waals surface area contributed by atoms with Gasteiger partial charge in [0.05, 0.1) is 5.56 Å². The molecule has 0 saturated carbocycles. The van der Waals surface area contributed by atoms with Gasteiger partial charge in [-0.15, -0.1) is 0 Å². The Balaban J connectivity index is 2.20. The Labute approximate surface area is 124 Å². The largest absolute Gasteiger partial charge is 0.416 e. The predicted molar refractivity (Wildman–Crippen MR) is 77.8 cm³/mol. The van der Waals surface area contributed by atoms with Gasteiger partial charge in [-0.2, -0.15) is 13.2 Å². The number of nitrogens with two attached hydrogens (primary N) is 1. The minimum atomic E-state index is -4.29. The van der Waals surface area contributed by atoms with Crippen molar-refractivity contribution >= 4 is 0 Å². The first kappa shape index (κ1) is 16.3. The number of nitrogens with zero attached hydrogens (tertiary/aromatic N) is 1. The first-order valence-corrected chi connectivity index (χ1v) is 7.46. The third-order valence-corrected chi connectivity index (χ3v) is 4.56. The second-order valence-corrected chi connectivity index (χ2v) is 6.02. The predicted octanol–water partition coefficient (Wildman–Crippen LogP) is 3.83. The zero-order valence-electron chi connectivity index (χ0n) is 12.5. The second kappa shape index (κ2) is 6.36. The molecule has 1 heterocycles. The van der Waals surface area contributed by atoms with E-state index in [4.69, 9.17) is 5.73 Å². The molecule has 118 valence electrons. The molecule has 0 bridgehead atoms. The van der Waals surface area contributed by atoms with Crippen LogP contribution in [0.2, 0.25) is 0 Å². The molecule has 0 radical (unpaired) electrons.